The topological polar surface area (TPSA) is 38.8 Å². The van der Waals surface area contributed by atoms with E-state index in [4.69, 9.17) is 9.47 Å². The van der Waals surface area contributed by atoms with Crippen molar-refractivity contribution in [2.45, 2.75) is 25.9 Å². The van der Waals surface area contributed by atoms with Crippen LogP contribution in [-0.2, 0) is 4.74 Å². The van der Waals surface area contributed by atoms with Crippen LogP contribution in [0.15, 0.2) is 24.3 Å². The number of carbonyl (C=O) groups excluding carboxylic acids is 1. The molecule has 4 heteroatoms. The Kier molecular flexibility index (Phi) is 5.56. The summed E-state index contributed by atoms with van der Waals surface area (Å²) in [7, 11) is 1.61. The van der Waals surface area contributed by atoms with E-state index in [0.717, 1.165) is 38.3 Å². The van der Waals surface area contributed by atoms with Crippen molar-refractivity contribution in [2.24, 2.45) is 0 Å². The summed E-state index contributed by atoms with van der Waals surface area (Å²) in [6.07, 6.45) is 2.52. The molecule has 1 heterocycles. The van der Waals surface area contributed by atoms with Gasteiger partial charge in [0.05, 0.1) is 19.8 Å². The van der Waals surface area contributed by atoms with Gasteiger partial charge in [0.25, 0.3) is 0 Å². The maximum absolute atomic E-state index is 12.3. The molecule has 1 atom stereocenters. The zero-order valence-electron chi connectivity index (χ0n) is 12.3. The summed E-state index contributed by atoms with van der Waals surface area (Å²) in [6.45, 7) is 5.06. The number of hydrogen-bond acceptors (Lipinski definition) is 4. The molecule has 0 bridgehead atoms. The number of Topliss-reactive ketones (excluding diaryl/α,β-unsaturated/α-hetero) is 1. The summed E-state index contributed by atoms with van der Waals surface area (Å²) < 4.78 is 10.8. The Labute approximate surface area is 120 Å². The van der Waals surface area contributed by atoms with Gasteiger partial charge in [-0.1, -0.05) is 19.1 Å². The number of hydrogen-bond donors (Lipinski definition) is 0. The van der Waals surface area contributed by atoms with Gasteiger partial charge in [0, 0.05) is 18.7 Å². The van der Waals surface area contributed by atoms with Crippen LogP contribution in [0.3, 0.4) is 0 Å². The van der Waals surface area contributed by atoms with Gasteiger partial charge >= 0.3 is 0 Å². The standard InChI is InChI=1S/C16H23NO3/c1-3-17(11-15-8-5-9-20-15)12-16(18)13-6-4-7-14(10-13)19-2/h4,6-7,10,15H,3,5,8-9,11-12H2,1-2H3. The third kappa shape index (κ3) is 4.05. The van der Waals surface area contributed by atoms with Crippen LogP contribution in [0.5, 0.6) is 5.75 Å². The molecule has 0 amide bonds. The van der Waals surface area contributed by atoms with Crippen molar-refractivity contribution in [2.75, 3.05) is 33.4 Å². The molecule has 20 heavy (non-hydrogen) atoms. The maximum Gasteiger partial charge on any atom is 0.176 e. The van der Waals surface area contributed by atoms with Crippen LogP contribution >= 0.6 is 0 Å². The van der Waals surface area contributed by atoms with Crippen LogP contribution in [0, 0.1) is 0 Å². The first-order valence-corrected chi connectivity index (χ1v) is 7.24. The van der Waals surface area contributed by atoms with Crippen LogP contribution in [-0.4, -0.2) is 50.1 Å². The Balaban J connectivity index is 1.93. The molecule has 1 unspecified atom stereocenters. The van der Waals surface area contributed by atoms with Gasteiger partial charge < -0.3 is 9.47 Å². The molecule has 0 radical (unpaired) electrons. The lowest BCUT2D eigenvalue weighted by molar-refractivity contribution is 0.0686. The SMILES string of the molecule is CCN(CC(=O)c1cccc(OC)c1)CC1CCCO1. The number of carbonyl (C=O) groups is 1. The van der Waals surface area contributed by atoms with E-state index in [1.807, 2.05) is 18.2 Å². The minimum atomic E-state index is 0.128. The Bertz CT molecular complexity index is 441. The number of methoxy groups -OCH3 is 1. The first kappa shape index (κ1) is 15.0. The Hall–Kier alpha value is -1.39. The van der Waals surface area contributed by atoms with Crippen molar-refractivity contribution in [3.8, 4) is 5.75 Å². The molecule has 0 N–H and O–H groups in total. The lowest BCUT2D eigenvalue weighted by Crippen LogP contribution is -2.36. The van der Waals surface area contributed by atoms with E-state index in [1.165, 1.54) is 0 Å². The maximum atomic E-state index is 12.3. The van der Waals surface area contributed by atoms with Crippen LogP contribution in [0.4, 0.5) is 0 Å². The van der Waals surface area contributed by atoms with Gasteiger partial charge in [-0.15, -0.1) is 0 Å². The van der Waals surface area contributed by atoms with Crippen LogP contribution in [0.2, 0.25) is 0 Å². The zero-order chi connectivity index (χ0) is 14.4. The predicted octanol–water partition coefficient (Wildman–Crippen LogP) is 2.38. The summed E-state index contributed by atoms with van der Waals surface area (Å²) in [5.74, 6) is 0.849. The number of ether oxygens (including phenoxy) is 2. The third-order valence-corrected chi connectivity index (χ3v) is 3.69. The van der Waals surface area contributed by atoms with Gasteiger partial charge in [0.15, 0.2) is 5.78 Å². The summed E-state index contributed by atoms with van der Waals surface area (Å²) in [6, 6.07) is 7.33. The lowest BCUT2D eigenvalue weighted by atomic mass is 10.1. The first-order chi connectivity index (χ1) is 9.72. The van der Waals surface area contributed by atoms with Gasteiger partial charge in [-0.05, 0) is 31.5 Å². The molecule has 0 aliphatic carbocycles. The van der Waals surface area contributed by atoms with Crippen LogP contribution in [0.1, 0.15) is 30.1 Å². The van der Waals surface area contributed by atoms with Gasteiger partial charge in [0.2, 0.25) is 0 Å². The molecular weight excluding hydrogens is 254 g/mol. The van der Waals surface area contributed by atoms with Crippen molar-refractivity contribution in [3.63, 3.8) is 0 Å². The fraction of sp³-hybridized carbons (Fsp3) is 0.562. The zero-order valence-corrected chi connectivity index (χ0v) is 12.3. The second-order valence-electron chi connectivity index (χ2n) is 5.12. The van der Waals surface area contributed by atoms with Crippen molar-refractivity contribution in [1.82, 2.24) is 4.90 Å². The molecule has 4 nitrogen and oxygen atoms in total. The number of rotatable bonds is 7. The second kappa shape index (κ2) is 7.41. The number of benzene rings is 1. The molecular formula is C16H23NO3. The lowest BCUT2D eigenvalue weighted by Gasteiger charge is -2.22. The molecule has 2 rings (SSSR count). The van der Waals surface area contributed by atoms with E-state index in [9.17, 15) is 4.79 Å². The molecule has 1 aromatic carbocycles. The molecule has 1 aromatic rings. The van der Waals surface area contributed by atoms with Crippen molar-refractivity contribution < 1.29 is 14.3 Å². The Morgan fingerprint density at radius 2 is 2.35 bits per heavy atom. The third-order valence-electron chi connectivity index (χ3n) is 3.69. The van der Waals surface area contributed by atoms with Crippen molar-refractivity contribution in [1.29, 1.82) is 0 Å². The monoisotopic (exact) mass is 277 g/mol. The van der Waals surface area contributed by atoms with E-state index >= 15 is 0 Å². The average Bonchev–Trinajstić information content (AvgIpc) is 2.99. The van der Waals surface area contributed by atoms with Gasteiger partial charge in [0.1, 0.15) is 5.75 Å². The Morgan fingerprint density at radius 1 is 1.50 bits per heavy atom. The minimum Gasteiger partial charge on any atom is -0.497 e. The number of ketones is 1. The normalized spacial score (nSPS) is 18.4. The smallest absolute Gasteiger partial charge is 0.176 e. The summed E-state index contributed by atoms with van der Waals surface area (Å²) in [5, 5.41) is 0. The van der Waals surface area contributed by atoms with Gasteiger partial charge in [-0.3, -0.25) is 9.69 Å². The number of nitrogens with zero attached hydrogens (tertiary/aromatic N) is 1. The highest BCUT2D eigenvalue weighted by Gasteiger charge is 2.20. The fourth-order valence-corrected chi connectivity index (χ4v) is 2.47. The highest BCUT2D eigenvalue weighted by Crippen LogP contribution is 2.15. The highest BCUT2D eigenvalue weighted by molar-refractivity contribution is 5.97. The van der Waals surface area contributed by atoms with Crippen molar-refractivity contribution >= 4 is 5.78 Å². The quantitative estimate of drug-likeness (QED) is 0.717. The Morgan fingerprint density at radius 3 is 3.00 bits per heavy atom. The number of likely N-dealkylation sites (N-methyl/N-ethyl adjacent to an activating group) is 1. The largest absolute Gasteiger partial charge is 0.497 e. The molecule has 1 fully saturated rings. The van der Waals surface area contributed by atoms with Gasteiger partial charge in [-0.25, -0.2) is 0 Å². The van der Waals surface area contributed by atoms with Crippen LogP contribution < -0.4 is 4.74 Å². The summed E-state index contributed by atoms with van der Waals surface area (Å²) in [5.41, 5.74) is 0.704. The molecule has 0 saturated carbocycles. The molecule has 110 valence electrons. The van der Waals surface area contributed by atoms with E-state index < -0.39 is 0 Å². The van der Waals surface area contributed by atoms with Crippen LogP contribution in [0.25, 0.3) is 0 Å². The van der Waals surface area contributed by atoms with E-state index in [1.54, 1.807) is 13.2 Å². The van der Waals surface area contributed by atoms with Crippen molar-refractivity contribution in [3.05, 3.63) is 29.8 Å². The minimum absolute atomic E-state index is 0.128. The van der Waals surface area contributed by atoms with E-state index in [2.05, 4.69) is 11.8 Å². The molecule has 1 aliphatic rings. The summed E-state index contributed by atoms with van der Waals surface area (Å²) in [4.78, 5) is 14.5. The van der Waals surface area contributed by atoms with E-state index in [-0.39, 0.29) is 11.9 Å². The molecule has 0 aromatic heterocycles. The predicted molar refractivity (Wildman–Crippen MR) is 78.4 cm³/mol. The highest BCUT2D eigenvalue weighted by atomic mass is 16.5. The fourth-order valence-electron chi connectivity index (χ4n) is 2.47. The first-order valence-electron chi connectivity index (χ1n) is 7.24. The summed E-state index contributed by atoms with van der Waals surface area (Å²) >= 11 is 0. The molecule has 1 aliphatic heterocycles. The molecule has 1 saturated heterocycles. The van der Waals surface area contributed by atoms with E-state index in [0.29, 0.717) is 12.1 Å². The second-order valence-corrected chi connectivity index (χ2v) is 5.12. The average molecular weight is 277 g/mol. The molecule has 0 spiro atoms. The van der Waals surface area contributed by atoms with Gasteiger partial charge in [-0.2, -0.15) is 0 Å².